The zero-order valence-electron chi connectivity index (χ0n) is 16.5. The van der Waals surface area contributed by atoms with Gasteiger partial charge in [-0.15, -0.1) is 0 Å². The summed E-state index contributed by atoms with van der Waals surface area (Å²) in [7, 11) is 3.17. The van der Waals surface area contributed by atoms with Crippen molar-refractivity contribution in [3.05, 3.63) is 72.2 Å². The van der Waals surface area contributed by atoms with Gasteiger partial charge in [-0.1, -0.05) is 30.3 Å². The molecular weight excluding hydrogens is 368 g/mol. The fourth-order valence-electron chi connectivity index (χ4n) is 2.82. The van der Waals surface area contributed by atoms with Gasteiger partial charge >= 0.3 is 0 Å². The number of aryl methyl sites for hydroxylation is 1. The van der Waals surface area contributed by atoms with E-state index in [0.29, 0.717) is 35.2 Å². The average molecular weight is 392 g/mol. The summed E-state index contributed by atoms with van der Waals surface area (Å²) in [5.41, 5.74) is 2.26. The molecule has 0 saturated carbocycles. The van der Waals surface area contributed by atoms with E-state index >= 15 is 0 Å². The summed E-state index contributed by atoms with van der Waals surface area (Å²) in [6.45, 7) is 0.576. The van der Waals surface area contributed by atoms with Crippen molar-refractivity contribution in [3.8, 4) is 11.5 Å². The number of amides is 1. The van der Waals surface area contributed by atoms with E-state index in [1.807, 2.05) is 30.3 Å². The van der Waals surface area contributed by atoms with E-state index in [9.17, 15) is 4.79 Å². The zero-order chi connectivity index (χ0) is 20.5. The van der Waals surface area contributed by atoms with Crippen LogP contribution in [0.1, 0.15) is 22.5 Å². The Kier molecular flexibility index (Phi) is 7.00. The number of carbonyl (C=O) groups is 1. The van der Waals surface area contributed by atoms with E-state index in [1.54, 1.807) is 26.4 Å². The first-order valence-corrected chi connectivity index (χ1v) is 9.33. The number of carbonyl (C=O) groups excluding carboxylic acids is 1. The molecule has 0 aliphatic carbocycles. The van der Waals surface area contributed by atoms with Crippen molar-refractivity contribution in [1.82, 2.24) is 15.3 Å². The van der Waals surface area contributed by atoms with E-state index in [2.05, 4.69) is 32.7 Å². The van der Waals surface area contributed by atoms with Crippen molar-refractivity contribution >= 4 is 17.4 Å². The molecule has 2 aromatic carbocycles. The van der Waals surface area contributed by atoms with Crippen LogP contribution in [-0.2, 0) is 6.42 Å². The average Bonchev–Trinajstić information content (AvgIpc) is 2.77. The second-order valence-corrected chi connectivity index (χ2v) is 6.32. The van der Waals surface area contributed by atoms with Gasteiger partial charge in [0.25, 0.3) is 5.91 Å². The number of benzene rings is 2. The third-order valence-electron chi connectivity index (χ3n) is 4.34. The summed E-state index contributed by atoms with van der Waals surface area (Å²) in [4.78, 5) is 20.7. The van der Waals surface area contributed by atoms with Crippen LogP contribution in [0, 0.1) is 0 Å². The Morgan fingerprint density at radius 3 is 2.59 bits per heavy atom. The van der Waals surface area contributed by atoms with Crippen LogP contribution in [0.4, 0.5) is 11.5 Å². The summed E-state index contributed by atoms with van der Waals surface area (Å²) < 4.78 is 10.6. The Morgan fingerprint density at radius 1 is 1.00 bits per heavy atom. The number of nitrogens with zero attached hydrogens (tertiary/aromatic N) is 2. The minimum Gasteiger partial charge on any atom is -0.497 e. The highest BCUT2D eigenvalue weighted by molar-refractivity contribution is 5.93. The fourth-order valence-corrected chi connectivity index (χ4v) is 2.82. The van der Waals surface area contributed by atoms with Gasteiger partial charge in [0, 0.05) is 18.7 Å². The van der Waals surface area contributed by atoms with Gasteiger partial charge in [-0.25, -0.2) is 9.97 Å². The molecule has 1 heterocycles. The molecule has 2 N–H and O–H groups in total. The maximum atomic E-state index is 12.4. The molecule has 1 amide bonds. The molecule has 7 heteroatoms. The van der Waals surface area contributed by atoms with E-state index in [1.165, 1.54) is 11.9 Å². The van der Waals surface area contributed by atoms with Crippen molar-refractivity contribution in [2.75, 3.05) is 26.1 Å². The number of aromatic nitrogens is 2. The second-order valence-electron chi connectivity index (χ2n) is 6.32. The van der Waals surface area contributed by atoms with Gasteiger partial charge in [-0.3, -0.25) is 4.79 Å². The highest BCUT2D eigenvalue weighted by atomic mass is 16.5. The maximum absolute atomic E-state index is 12.4. The molecule has 3 aromatic rings. The van der Waals surface area contributed by atoms with Crippen LogP contribution in [0.15, 0.2) is 60.9 Å². The highest BCUT2D eigenvalue weighted by Crippen LogP contribution is 2.30. The van der Waals surface area contributed by atoms with Crippen molar-refractivity contribution in [3.63, 3.8) is 0 Å². The SMILES string of the molecule is COc1ccc(Nc2cc(C(=O)NCCCc3ccccc3)ncn2)c(OC)c1. The summed E-state index contributed by atoms with van der Waals surface area (Å²) in [6.07, 6.45) is 3.13. The molecule has 1 aromatic heterocycles. The lowest BCUT2D eigenvalue weighted by Crippen LogP contribution is -2.25. The van der Waals surface area contributed by atoms with Crippen LogP contribution in [-0.4, -0.2) is 36.6 Å². The molecule has 0 unspecified atom stereocenters. The van der Waals surface area contributed by atoms with Gasteiger partial charge < -0.3 is 20.1 Å². The summed E-state index contributed by atoms with van der Waals surface area (Å²) >= 11 is 0. The molecule has 0 atom stereocenters. The molecule has 0 radical (unpaired) electrons. The molecular formula is C22H24N4O3. The van der Waals surface area contributed by atoms with E-state index in [4.69, 9.17) is 9.47 Å². The highest BCUT2D eigenvalue weighted by Gasteiger charge is 2.10. The normalized spacial score (nSPS) is 10.3. The Hall–Kier alpha value is -3.61. The minimum atomic E-state index is -0.231. The smallest absolute Gasteiger partial charge is 0.270 e. The van der Waals surface area contributed by atoms with Crippen molar-refractivity contribution in [2.45, 2.75) is 12.8 Å². The van der Waals surface area contributed by atoms with Crippen LogP contribution in [0.2, 0.25) is 0 Å². The van der Waals surface area contributed by atoms with Gasteiger partial charge in [0.2, 0.25) is 0 Å². The van der Waals surface area contributed by atoms with Gasteiger partial charge in [0.05, 0.1) is 19.9 Å². The number of ether oxygens (including phenoxy) is 2. The number of rotatable bonds is 9. The molecule has 0 spiro atoms. The van der Waals surface area contributed by atoms with Crippen molar-refractivity contribution in [1.29, 1.82) is 0 Å². The number of anilines is 2. The molecule has 29 heavy (non-hydrogen) atoms. The van der Waals surface area contributed by atoms with Gasteiger partial charge in [-0.05, 0) is 30.5 Å². The molecule has 150 valence electrons. The van der Waals surface area contributed by atoms with Gasteiger partial charge in [0.15, 0.2) is 0 Å². The Bertz CT molecular complexity index is 948. The maximum Gasteiger partial charge on any atom is 0.270 e. The molecule has 0 aliphatic heterocycles. The third kappa shape index (κ3) is 5.68. The van der Waals surface area contributed by atoms with E-state index < -0.39 is 0 Å². The van der Waals surface area contributed by atoms with Crippen LogP contribution in [0.3, 0.4) is 0 Å². The molecule has 7 nitrogen and oxygen atoms in total. The Labute approximate surface area is 170 Å². The predicted molar refractivity (Wildman–Crippen MR) is 112 cm³/mol. The quantitative estimate of drug-likeness (QED) is 0.541. The number of nitrogens with one attached hydrogen (secondary N) is 2. The number of hydrogen-bond acceptors (Lipinski definition) is 6. The molecule has 0 bridgehead atoms. The van der Waals surface area contributed by atoms with Crippen LogP contribution in [0.25, 0.3) is 0 Å². The first-order valence-electron chi connectivity index (χ1n) is 9.33. The van der Waals surface area contributed by atoms with E-state index in [-0.39, 0.29) is 5.91 Å². The number of hydrogen-bond donors (Lipinski definition) is 2. The summed E-state index contributed by atoms with van der Waals surface area (Å²) in [5, 5.41) is 6.05. The first-order chi connectivity index (χ1) is 14.2. The lowest BCUT2D eigenvalue weighted by atomic mass is 10.1. The third-order valence-corrected chi connectivity index (χ3v) is 4.34. The summed E-state index contributed by atoms with van der Waals surface area (Å²) in [5.74, 6) is 1.56. The van der Waals surface area contributed by atoms with E-state index in [0.717, 1.165) is 12.8 Å². The molecule has 0 aliphatic rings. The van der Waals surface area contributed by atoms with Gasteiger partial charge in [-0.2, -0.15) is 0 Å². The first kappa shape index (κ1) is 20.1. The lowest BCUT2D eigenvalue weighted by Gasteiger charge is -2.12. The second kappa shape index (κ2) is 10.1. The lowest BCUT2D eigenvalue weighted by molar-refractivity contribution is 0.0948. The predicted octanol–water partition coefficient (Wildman–Crippen LogP) is 3.60. The topological polar surface area (TPSA) is 85.4 Å². The molecule has 3 rings (SSSR count). The molecule has 0 saturated heterocycles. The van der Waals surface area contributed by atoms with Crippen molar-refractivity contribution < 1.29 is 14.3 Å². The fraction of sp³-hybridized carbons (Fsp3) is 0.227. The Balaban J connectivity index is 1.58. The Morgan fingerprint density at radius 2 is 1.83 bits per heavy atom. The number of methoxy groups -OCH3 is 2. The van der Waals surface area contributed by atoms with Crippen LogP contribution < -0.4 is 20.1 Å². The monoisotopic (exact) mass is 392 g/mol. The van der Waals surface area contributed by atoms with Crippen LogP contribution >= 0.6 is 0 Å². The van der Waals surface area contributed by atoms with Crippen LogP contribution in [0.5, 0.6) is 11.5 Å². The minimum absolute atomic E-state index is 0.231. The zero-order valence-corrected chi connectivity index (χ0v) is 16.5. The molecule has 0 fully saturated rings. The standard InChI is InChI=1S/C22H24N4O3/c1-28-17-10-11-18(20(13-17)29-2)26-21-14-19(24-15-25-21)22(27)23-12-6-9-16-7-4-3-5-8-16/h3-5,7-8,10-11,13-15H,6,9,12H2,1-2H3,(H,23,27)(H,24,25,26). The summed E-state index contributed by atoms with van der Waals surface area (Å²) in [6, 6.07) is 17.2. The van der Waals surface area contributed by atoms with Gasteiger partial charge in [0.1, 0.15) is 29.3 Å². The van der Waals surface area contributed by atoms with Crippen molar-refractivity contribution in [2.24, 2.45) is 0 Å². The largest absolute Gasteiger partial charge is 0.497 e.